The van der Waals surface area contributed by atoms with E-state index in [0.717, 1.165) is 18.0 Å². The highest BCUT2D eigenvalue weighted by atomic mass is 16.5. The number of ether oxygens (including phenoxy) is 2. The topological polar surface area (TPSA) is 59.0 Å². The van der Waals surface area contributed by atoms with Gasteiger partial charge in [-0.2, -0.15) is 0 Å². The lowest BCUT2D eigenvalue weighted by Crippen LogP contribution is -2.29. The summed E-state index contributed by atoms with van der Waals surface area (Å²) >= 11 is 0. The molecule has 0 saturated heterocycles. The molecule has 17 heavy (non-hydrogen) atoms. The predicted molar refractivity (Wildman–Crippen MR) is 62.2 cm³/mol. The van der Waals surface area contributed by atoms with E-state index in [0.29, 0.717) is 12.2 Å². The van der Waals surface area contributed by atoms with Gasteiger partial charge in [-0.1, -0.05) is 6.07 Å². The fourth-order valence-electron chi connectivity index (χ4n) is 1.79. The number of likely N-dealkylation sites (N-methyl/N-ethyl adjacent to an activating group) is 1. The average molecular weight is 237 g/mol. The summed E-state index contributed by atoms with van der Waals surface area (Å²) in [6.45, 7) is 1.42. The summed E-state index contributed by atoms with van der Waals surface area (Å²) in [7, 11) is 3.19. The molecule has 0 radical (unpaired) electrons. The maximum absolute atomic E-state index is 11.2. The van der Waals surface area contributed by atoms with Gasteiger partial charge in [-0.15, -0.1) is 0 Å². The van der Waals surface area contributed by atoms with E-state index in [2.05, 4.69) is 4.74 Å². The van der Waals surface area contributed by atoms with Crippen LogP contribution in [0.25, 0.3) is 0 Å². The molecule has 0 saturated carbocycles. The number of carbonyl (C=O) groups is 1. The lowest BCUT2D eigenvalue weighted by Gasteiger charge is -2.28. The second-order valence-corrected chi connectivity index (χ2v) is 3.92. The molecule has 1 unspecified atom stereocenters. The Morgan fingerprint density at radius 3 is 3.06 bits per heavy atom. The molecular formula is C12H15NO4. The molecule has 1 aliphatic rings. The third-order valence-corrected chi connectivity index (χ3v) is 2.82. The normalized spacial score (nSPS) is 15.8. The second-order valence-electron chi connectivity index (χ2n) is 3.92. The van der Waals surface area contributed by atoms with Crippen molar-refractivity contribution < 1.29 is 19.4 Å². The third kappa shape index (κ3) is 2.19. The Kier molecular flexibility index (Phi) is 3.19. The number of carbonyl (C=O) groups excluding carboxylic acids is 1. The number of nitrogens with zero attached hydrogens (tertiary/aromatic N) is 1. The molecule has 1 atom stereocenters. The molecule has 0 aliphatic carbocycles. The van der Waals surface area contributed by atoms with Crippen LogP contribution in [0.2, 0.25) is 0 Å². The molecule has 5 heteroatoms. The van der Waals surface area contributed by atoms with Crippen molar-refractivity contribution in [1.82, 2.24) is 0 Å². The summed E-state index contributed by atoms with van der Waals surface area (Å²) in [4.78, 5) is 13.3. The Balaban J connectivity index is 2.32. The van der Waals surface area contributed by atoms with E-state index < -0.39 is 12.1 Å². The van der Waals surface area contributed by atoms with Gasteiger partial charge in [0.25, 0.3) is 0 Å². The molecule has 2 rings (SSSR count). The van der Waals surface area contributed by atoms with Gasteiger partial charge in [0.1, 0.15) is 12.4 Å². The van der Waals surface area contributed by atoms with Gasteiger partial charge in [0.05, 0.1) is 19.3 Å². The lowest BCUT2D eigenvalue weighted by atomic mass is 10.1. The van der Waals surface area contributed by atoms with Gasteiger partial charge in [0.2, 0.25) is 0 Å². The number of aliphatic hydroxyl groups is 1. The summed E-state index contributed by atoms with van der Waals surface area (Å²) in [5.41, 5.74) is 1.38. The molecule has 0 amide bonds. The Bertz CT molecular complexity index is 433. The van der Waals surface area contributed by atoms with Gasteiger partial charge in [-0.3, -0.25) is 0 Å². The zero-order valence-corrected chi connectivity index (χ0v) is 9.84. The molecule has 1 heterocycles. The first-order valence-corrected chi connectivity index (χ1v) is 5.37. The van der Waals surface area contributed by atoms with Gasteiger partial charge in [0, 0.05) is 7.05 Å². The number of aliphatic hydroxyl groups excluding tert-OH is 1. The highest BCUT2D eigenvalue weighted by molar-refractivity contribution is 5.77. The summed E-state index contributed by atoms with van der Waals surface area (Å²) in [6.07, 6.45) is -1.25. The van der Waals surface area contributed by atoms with Gasteiger partial charge in [-0.25, -0.2) is 4.79 Å². The number of fused-ring (bicyclic) bond motifs is 1. The quantitative estimate of drug-likeness (QED) is 0.768. The molecule has 1 N–H and O–H groups in total. The number of benzene rings is 1. The number of anilines is 1. The molecular weight excluding hydrogens is 222 g/mol. The summed E-state index contributed by atoms with van der Waals surface area (Å²) in [6, 6.07) is 5.17. The number of esters is 1. The molecule has 1 aromatic rings. The zero-order chi connectivity index (χ0) is 12.4. The Morgan fingerprint density at radius 1 is 1.59 bits per heavy atom. The fourth-order valence-corrected chi connectivity index (χ4v) is 1.79. The number of rotatable bonds is 2. The minimum absolute atomic E-state index is 0.507. The highest BCUT2D eigenvalue weighted by Gasteiger charge is 2.21. The molecule has 1 aliphatic heterocycles. The van der Waals surface area contributed by atoms with Gasteiger partial charge in [0.15, 0.2) is 6.10 Å². The van der Waals surface area contributed by atoms with Crippen LogP contribution < -0.4 is 9.64 Å². The molecule has 1 aromatic carbocycles. The van der Waals surface area contributed by atoms with Gasteiger partial charge < -0.3 is 19.5 Å². The van der Waals surface area contributed by atoms with Crippen LogP contribution in [0, 0.1) is 0 Å². The summed E-state index contributed by atoms with van der Waals surface area (Å²) in [5, 5.41) is 9.74. The van der Waals surface area contributed by atoms with Crippen molar-refractivity contribution in [2.45, 2.75) is 6.10 Å². The van der Waals surface area contributed by atoms with E-state index >= 15 is 0 Å². The van der Waals surface area contributed by atoms with Crippen LogP contribution in [0.3, 0.4) is 0 Å². The van der Waals surface area contributed by atoms with E-state index in [-0.39, 0.29) is 0 Å². The van der Waals surface area contributed by atoms with Crippen LogP contribution in [0.4, 0.5) is 5.69 Å². The predicted octanol–water partition coefficient (Wildman–Crippen LogP) is 0.722. The molecule has 92 valence electrons. The molecule has 0 spiro atoms. The molecule has 5 nitrogen and oxygen atoms in total. The Hall–Kier alpha value is -1.75. The highest BCUT2D eigenvalue weighted by Crippen LogP contribution is 2.33. The van der Waals surface area contributed by atoms with Crippen molar-refractivity contribution in [1.29, 1.82) is 0 Å². The van der Waals surface area contributed by atoms with Crippen LogP contribution in [0.15, 0.2) is 18.2 Å². The van der Waals surface area contributed by atoms with Crippen LogP contribution in [0.1, 0.15) is 11.7 Å². The fraction of sp³-hybridized carbons (Fsp3) is 0.417. The van der Waals surface area contributed by atoms with Crippen LogP contribution in [-0.4, -0.2) is 38.4 Å². The van der Waals surface area contributed by atoms with E-state index in [1.54, 1.807) is 18.2 Å². The molecule has 0 aromatic heterocycles. The van der Waals surface area contributed by atoms with E-state index in [1.807, 2.05) is 11.9 Å². The van der Waals surface area contributed by atoms with Crippen LogP contribution >= 0.6 is 0 Å². The van der Waals surface area contributed by atoms with E-state index in [1.165, 1.54) is 7.11 Å². The summed E-state index contributed by atoms with van der Waals surface area (Å²) < 4.78 is 9.98. The standard InChI is InChI=1S/C12H15NO4/c1-13-5-6-17-10-4-3-8(7-9(10)13)11(14)12(15)16-2/h3-4,7,11,14H,5-6H2,1-2H3. The maximum Gasteiger partial charge on any atom is 0.339 e. The Labute approximate surface area is 99.6 Å². The maximum atomic E-state index is 11.2. The largest absolute Gasteiger partial charge is 0.490 e. The van der Waals surface area contributed by atoms with Crippen LogP contribution in [-0.2, 0) is 9.53 Å². The first-order valence-electron chi connectivity index (χ1n) is 5.37. The van der Waals surface area contributed by atoms with Crippen molar-refractivity contribution in [3.8, 4) is 5.75 Å². The zero-order valence-electron chi connectivity index (χ0n) is 9.84. The van der Waals surface area contributed by atoms with E-state index in [4.69, 9.17) is 4.74 Å². The molecule has 0 bridgehead atoms. The summed E-state index contributed by atoms with van der Waals surface area (Å²) in [5.74, 6) is 0.101. The van der Waals surface area contributed by atoms with E-state index in [9.17, 15) is 9.90 Å². The monoisotopic (exact) mass is 237 g/mol. The number of methoxy groups -OCH3 is 1. The van der Waals surface area contributed by atoms with Gasteiger partial charge in [-0.05, 0) is 17.7 Å². The van der Waals surface area contributed by atoms with Crippen molar-refractivity contribution in [3.63, 3.8) is 0 Å². The first-order chi connectivity index (χ1) is 8.13. The van der Waals surface area contributed by atoms with Crippen molar-refractivity contribution in [3.05, 3.63) is 23.8 Å². The number of hydrogen-bond acceptors (Lipinski definition) is 5. The minimum Gasteiger partial charge on any atom is -0.490 e. The van der Waals surface area contributed by atoms with Gasteiger partial charge >= 0.3 is 5.97 Å². The average Bonchev–Trinajstić information content (AvgIpc) is 2.37. The SMILES string of the molecule is COC(=O)C(O)c1ccc2c(c1)N(C)CCO2. The van der Waals surface area contributed by atoms with Crippen LogP contribution in [0.5, 0.6) is 5.75 Å². The van der Waals surface area contributed by atoms with Crippen molar-refractivity contribution in [2.24, 2.45) is 0 Å². The number of hydrogen-bond donors (Lipinski definition) is 1. The lowest BCUT2D eigenvalue weighted by molar-refractivity contribution is -0.150. The smallest absolute Gasteiger partial charge is 0.339 e. The van der Waals surface area contributed by atoms with Crippen molar-refractivity contribution >= 4 is 11.7 Å². The first kappa shape index (κ1) is 11.7. The third-order valence-electron chi connectivity index (χ3n) is 2.82. The second kappa shape index (κ2) is 4.63. The minimum atomic E-state index is -1.25. The van der Waals surface area contributed by atoms with Crippen molar-refractivity contribution in [2.75, 3.05) is 32.2 Å². The molecule has 0 fully saturated rings. The Morgan fingerprint density at radius 2 is 2.35 bits per heavy atom.